The van der Waals surface area contributed by atoms with Crippen molar-refractivity contribution < 1.29 is 9.90 Å². The Bertz CT molecular complexity index is 951. The maximum absolute atomic E-state index is 12.0. The molecule has 0 saturated heterocycles. The van der Waals surface area contributed by atoms with Crippen molar-refractivity contribution in [1.29, 1.82) is 0 Å². The quantitative estimate of drug-likeness (QED) is 0.620. The number of fused-ring (bicyclic) bond motifs is 1. The van der Waals surface area contributed by atoms with Crippen molar-refractivity contribution in [3.63, 3.8) is 0 Å². The van der Waals surface area contributed by atoms with Crippen LogP contribution in [0.2, 0.25) is 10.0 Å². The molecule has 0 atom stereocenters. The summed E-state index contributed by atoms with van der Waals surface area (Å²) in [5.41, 5.74) is 2.62. The van der Waals surface area contributed by atoms with Crippen LogP contribution in [0.15, 0.2) is 42.5 Å². The summed E-state index contributed by atoms with van der Waals surface area (Å²) in [4.78, 5) is 16.6. The summed E-state index contributed by atoms with van der Waals surface area (Å²) < 4.78 is 0. The van der Waals surface area contributed by atoms with E-state index >= 15 is 0 Å². The fraction of sp³-hybridized carbons (Fsp3) is 0.158. The van der Waals surface area contributed by atoms with Gasteiger partial charge in [0.05, 0.1) is 16.8 Å². The first-order chi connectivity index (χ1) is 11.4. The molecule has 1 aromatic heterocycles. The van der Waals surface area contributed by atoms with Gasteiger partial charge in [-0.1, -0.05) is 61.3 Å². The Labute approximate surface area is 149 Å². The van der Waals surface area contributed by atoms with Crippen LogP contribution in [0.1, 0.15) is 35.8 Å². The average Bonchev–Trinajstić information content (AvgIpc) is 2.53. The first kappa shape index (κ1) is 16.7. The highest BCUT2D eigenvalue weighted by Gasteiger charge is 2.24. The molecule has 0 saturated carbocycles. The second-order valence-corrected chi connectivity index (χ2v) is 6.69. The molecule has 0 unspecified atom stereocenters. The van der Waals surface area contributed by atoms with Gasteiger partial charge in [0, 0.05) is 26.6 Å². The van der Waals surface area contributed by atoms with Crippen molar-refractivity contribution in [2.45, 2.75) is 19.8 Å². The zero-order valence-electron chi connectivity index (χ0n) is 13.2. The van der Waals surface area contributed by atoms with Crippen LogP contribution in [-0.4, -0.2) is 16.1 Å². The van der Waals surface area contributed by atoms with Crippen LogP contribution >= 0.6 is 23.2 Å². The topological polar surface area (TPSA) is 50.2 Å². The van der Waals surface area contributed by atoms with Crippen molar-refractivity contribution in [3.05, 3.63) is 63.8 Å². The van der Waals surface area contributed by atoms with Crippen LogP contribution in [0, 0.1) is 0 Å². The van der Waals surface area contributed by atoms with E-state index in [0.29, 0.717) is 37.8 Å². The first-order valence-electron chi connectivity index (χ1n) is 7.51. The van der Waals surface area contributed by atoms with Gasteiger partial charge >= 0.3 is 5.97 Å². The van der Waals surface area contributed by atoms with Gasteiger partial charge in [0.25, 0.3) is 0 Å². The van der Waals surface area contributed by atoms with Gasteiger partial charge in [-0.3, -0.25) is 4.98 Å². The van der Waals surface area contributed by atoms with Crippen LogP contribution in [0.3, 0.4) is 0 Å². The number of hydrogen-bond donors (Lipinski definition) is 1. The Morgan fingerprint density at radius 3 is 2.46 bits per heavy atom. The van der Waals surface area contributed by atoms with Crippen molar-refractivity contribution in [2.24, 2.45) is 0 Å². The van der Waals surface area contributed by atoms with Gasteiger partial charge in [-0.25, -0.2) is 4.79 Å². The third-order valence-electron chi connectivity index (χ3n) is 3.88. The number of carboxylic acids is 1. The third-order valence-corrected chi connectivity index (χ3v) is 4.44. The Morgan fingerprint density at radius 1 is 1.12 bits per heavy atom. The molecule has 24 heavy (non-hydrogen) atoms. The molecule has 5 heteroatoms. The summed E-state index contributed by atoms with van der Waals surface area (Å²) >= 11 is 12.5. The molecule has 3 rings (SSSR count). The Hall–Kier alpha value is -2.10. The van der Waals surface area contributed by atoms with E-state index in [0.717, 1.165) is 0 Å². The maximum atomic E-state index is 12.0. The van der Waals surface area contributed by atoms with Gasteiger partial charge < -0.3 is 5.11 Å². The molecular weight excluding hydrogens is 345 g/mol. The molecule has 1 N–H and O–H groups in total. The normalized spacial score (nSPS) is 11.2. The monoisotopic (exact) mass is 359 g/mol. The van der Waals surface area contributed by atoms with Crippen molar-refractivity contribution >= 4 is 40.1 Å². The molecule has 0 aliphatic heterocycles. The molecule has 0 radical (unpaired) electrons. The maximum Gasteiger partial charge on any atom is 0.338 e. The van der Waals surface area contributed by atoms with E-state index < -0.39 is 5.97 Å². The zero-order chi connectivity index (χ0) is 17.4. The first-order valence-corrected chi connectivity index (χ1v) is 8.27. The van der Waals surface area contributed by atoms with E-state index in [9.17, 15) is 9.90 Å². The Balaban J connectivity index is 2.54. The lowest BCUT2D eigenvalue weighted by Gasteiger charge is -2.17. The summed E-state index contributed by atoms with van der Waals surface area (Å²) in [6.45, 7) is 3.84. The minimum atomic E-state index is -1.02. The third kappa shape index (κ3) is 2.85. The number of rotatable bonds is 3. The van der Waals surface area contributed by atoms with Gasteiger partial charge in [0.15, 0.2) is 0 Å². The number of carbonyl (C=O) groups is 1. The van der Waals surface area contributed by atoms with E-state index in [1.165, 1.54) is 0 Å². The lowest BCUT2D eigenvalue weighted by atomic mass is 9.91. The Kier molecular flexibility index (Phi) is 4.48. The van der Waals surface area contributed by atoms with Gasteiger partial charge in [-0.2, -0.15) is 0 Å². The van der Waals surface area contributed by atoms with E-state index in [2.05, 4.69) is 4.98 Å². The lowest BCUT2D eigenvalue weighted by molar-refractivity contribution is 0.0695. The van der Waals surface area contributed by atoms with Crippen LogP contribution in [0.4, 0.5) is 0 Å². The molecule has 0 fully saturated rings. The van der Waals surface area contributed by atoms with Crippen LogP contribution < -0.4 is 0 Å². The molecule has 3 nitrogen and oxygen atoms in total. The molecule has 0 aliphatic carbocycles. The number of hydrogen-bond acceptors (Lipinski definition) is 2. The highest BCUT2D eigenvalue weighted by Crippen LogP contribution is 2.39. The number of pyridine rings is 1. The molecule has 2 aromatic carbocycles. The summed E-state index contributed by atoms with van der Waals surface area (Å²) in [7, 11) is 0. The predicted octanol–water partition coefficient (Wildman–Crippen LogP) is 6.03. The van der Waals surface area contributed by atoms with Crippen molar-refractivity contribution in [3.8, 4) is 11.1 Å². The molecule has 0 aliphatic rings. The molecule has 0 amide bonds. The standard InChI is InChI=1S/C19H15Cl2NO2/c1-10(2)18-17(19(23)24)16(12-5-3-4-6-14(12)21)13-8-7-11(20)9-15(13)22-18/h3-10H,1-2H3,(H,23,24). The molecule has 1 heterocycles. The van der Waals surface area contributed by atoms with Gasteiger partial charge in [-0.15, -0.1) is 0 Å². The highest BCUT2D eigenvalue weighted by molar-refractivity contribution is 6.34. The largest absolute Gasteiger partial charge is 0.478 e. The number of benzene rings is 2. The molecular formula is C19H15Cl2NO2. The van der Waals surface area contributed by atoms with Gasteiger partial charge in [-0.05, 0) is 24.1 Å². The number of carboxylic acid groups (broad SMARTS) is 1. The fourth-order valence-corrected chi connectivity index (χ4v) is 3.23. The number of nitrogens with zero attached hydrogens (tertiary/aromatic N) is 1. The Morgan fingerprint density at radius 2 is 1.83 bits per heavy atom. The van der Waals surface area contributed by atoms with Crippen molar-refractivity contribution in [2.75, 3.05) is 0 Å². The molecule has 122 valence electrons. The van der Waals surface area contributed by atoms with E-state index in [1.54, 1.807) is 24.3 Å². The molecule has 0 bridgehead atoms. The summed E-state index contributed by atoms with van der Waals surface area (Å²) in [5.74, 6) is -1.07. The van der Waals surface area contributed by atoms with Gasteiger partial charge in [0.1, 0.15) is 0 Å². The van der Waals surface area contributed by atoms with Crippen LogP contribution in [-0.2, 0) is 0 Å². The second kappa shape index (κ2) is 6.42. The summed E-state index contributed by atoms with van der Waals surface area (Å²) in [5, 5.41) is 11.6. The molecule has 0 spiro atoms. The SMILES string of the molecule is CC(C)c1nc2cc(Cl)ccc2c(-c2ccccc2Cl)c1C(=O)O. The fourth-order valence-electron chi connectivity index (χ4n) is 2.84. The van der Waals surface area contributed by atoms with Crippen LogP contribution in [0.5, 0.6) is 0 Å². The summed E-state index contributed by atoms with van der Waals surface area (Å²) in [6.07, 6.45) is 0. The second-order valence-electron chi connectivity index (χ2n) is 5.85. The number of aromatic carboxylic acids is 1. The zero-order valence-corrected chi connectivity index (χ0v) is 14.7. The van der Waals surface area contributed by atoms with Gasteiger partial charge in [0.2, 0.25) is 0 Å². The van der Waals surface area contributed by atoms with E-state index in [1.807, 2.05) is 32.0 Å². The summed E-state index contributed by atoms with van der Waals surface area (Å²) in [6, 6.07) is 12.5. The van der Waals surface area contributed by atoms with E-state index in [4.69, 9.17) is 23.2 Å². The predicted molar refractivity (Wildman–Crippen MR) is 98.2 cm³/mol. The minimum Gasteiger partial charge on any atom is -0.478 e. The minimum absolute atomic E-state index is 0.0549. The highest BCUT2D eigenvalue weighted by atomic mass is 35.5. The molecule has 3 aromatic rings. The number of aromatic nitrogens is 1. The van der Waals surface area contributed by atoms with Crippen LogP contribution in [0.25, 0.3) is 22.0 Å². The number of halogens is 2. The lowest BCUT2D eigenvalue weighted by Crippen LogP contribution is -2.10. The van der Waals surface area contributed by atoms with Crippen molar-refractivity contribution in [1.82, 2.24) is 4.98 Å². The smallest absolute Gasteiger partial charge is 0.338 e. The average molecular weight is 360 g/mol. The van der Waals surface area contributed by atoms with E-state index in [-0.39, 0.29) is 11.5 Å².